The molecule has 1 aromatic carbocycles. The minimum Gasteiger partial charge on any atom is -0.376 e. The number of aliphatic hydroxyl groups excluding tert-OH is 1. The molecular formula is C20H26N6O2S2. The van der Waals surface area contributed by atoms with Gasteiger partial charge in [-0.15, -0.1) is 0 Å². The molecule has 8 nitrogen and oxygen atoms in total. The smallest absolute Gasteiger partial charge is 0.236 e. The van der Waals surface area contributed by atoms with Crippen molar-refractivity contribution in [2.24, 2.45) is 11.7 Å². The number of thioether (sulfide) groups is 1. The van der Waals surface area contributed by atoms with Gasteiger partial charge in [0.25, 0.3) is 0 Å². The molecule has 0 fully saturated rings. The standard InChI is InChI=1S/C20H26N6O2S2/c1-13(2)8-9-26(12-27)18-16-17(23-19(30-16)22-10-15(21)28)24-20(25-18)29-11-14-6-4-3-5-7-14/h3-7,13,27H,8-12H2,1-2H3,(H2,21,28)(H,22,23,24,25). The highest BCUT2D eigenvalue weighted by molar-refractivity contribution is 7.98. The van der Waals surface area contributed by atoms with Gasteiger partial charge < -0.3 is 21.1 Å². The second kappa shape index (κ2) is 10.6. The van der Waals surface area contributed by atoms with Crippen molar-refractivity contribution >= 4 is 50.3 Å². The highest BCUT2D eigenvalue weighted by atomic mass is 32.2. The highest BCUT2D eigenvalue weighted by Crippen LogP contribution is 2.34. The Hall–Kier alpha value is -2.43. The summed E-state index contributed by atoms with van der Waals surface area (Å²) in [7, 11) is 0. The molecule has 2 heterocycles. The number of carbonyl (C=O) groups excluding carboxylic acids is 1. The summed E-state index contributed by atoms with van der Waals surface area (Å²) in [6.07, 6.45) is 0.921. The van der Waals surface area contributed by atoms with Crippen molar-refractivity contribution in [1.29, 1.82) is 0 Å². The molecule has 0 spiro atoms. The third-order valence-corrected chi connectivity index (χ3v) is 6.20. The van der Waals surface area contributed by atoms with Gasteiger partial charge in [-0.1, -0.05) is 67.3 Å². The Morgan fingerprint density at radius 2 is 2.03 bits per heavy atom. The SMILES string of the molecule is CC(C)CCN(CO)c1nc(SCc2ccccc2)nc2nc(NCC(N)=O)sc12. The number of amides is 1. The van der Waals surface area contributed by atoms with Crippen molar-refractivity contribution in [2.45, 2.75) is 31.2 Å². The Morgan fingerprint density at radius 3 is 2.70 bits per heavy atom. The lowest BCUT2D eigenvalue weighted by Crippen LogP contribution is -2.27. The molecule has 3 rings (SSSR count). The van der Waals surface area contributed by atoms with Gasteiger partial charge in [-0.2, -0.15) is 4.98 Å². The molecule has 3 aromatic rings. The molecule has 30 heavy (non-hydrogen) atoms. The first kappa shape index (κ1) is 22.3. The van der Waals surface area contributed by atoms with Crippen LogP contribution in [0.4, 0.5) is 10.9 Å². The monoisotopic (exact) mass is 446 g/mol. The number of fused-ring (bicyclic) bond motifs is 1. The molecule has 160 valence electrons. The minimum atomic E-state index is -0.464. The second-order valence-corrected chi connectivity index (χ2v) is 9.12. The van der Waals surface area contributed by atoms with Crippen molar-refractivity contribution in [3.8, 4) is 0 Å². The quantitative estimate of drug-likeness (QED) is 0.234. The van der Waals surface area contributed by atoms with Gasteiger partial charge in [0.2, 0.25) is 5.91 Å². The first-order valence-electron chi connectivity index (χ1n) is 9.69. The van der Waals surface area contributed by atoms with Gasteiger partial charge in [0.15, 0.2) is 21.8 Å². The van der Waals surface area contributed by atoms with E-state index >= 15 is 0 Å². The number of hydrogen-bond acceptors (Lipinski definition) is 9. The van der Waals surface area contributed by atoms with E-state index in [1.165, 1.54) is 28.7 Å². The Labute approximate surface area is 183 Å². The minimum absolute atomic E-state index is 0.00470. The maximum atomic E-state index is 11.1. The molecular weight excluding hydrogens is 420 g/mol. The second-order valence-electron chi connectivity index (χ2n) is 7.18. The van der Waals surface area contributed by atoms with Crippen LogP contribution in [0.5, 0.6) is 0 Å². The molecule has 0 aliphatic carbocycles. The van der Waals surface area contributed by atoms with Gasteiger partial charge >= 0.3 is 0 Å². The number of rotatable bonds is 11. The van der Waals surface area contributed by atoms with Crippen LogP contribution in [0.3, 0.4) is 0 Å². The normalized spacial score (nSPS) is 11.2. The summed E-state index contributed by atoms with van der Waals surface area (Å²) in [6.45, 7) is 4.81. The number of anilines is 2. The summed E-state index contributed by atoms with van der Waals surface area (Å²) in [5, 5.41) is 14.1. The molecule has 0 radical (unpaired) electrons. The molecule has 10 heteroatoms. The summed E-state index contributed by atoms with van der Waals surface area (Å²) >= 11 is 2.87. The fraction of sp³-hybridized carbons (Fsp3) is 0.400. The average molecular weight is 447 g/mol. The zero-order chi connectivity index (χ0) is 21.5. The maximum absolute atomic E-state index is 11.1. The number of aromatic nitrogens is 3. The number of benzene rings is 1. The number of aliphatic hydroxyl groups is 1. The maximum Gasteiger partial charge on any atom is 0.236 e. The van der Waals surface area contributed by atoms with Crippen LogP contribution in [0.25, 0.3) is 10.3 Å². The number of carbonyl (C=O) groups is 1. The molecule has 2 aromatic heterocycles. The van der Waals surface area contributed by atoms with Crippen LogP contribution in [0.2, 0.25) is 0 Å². The van der Waals surface area contributed by atoms with E-state index in [0.29, 0.717) is 34.2 Å². The van der Waals surface area contributed by atoms with Crippen LogP contribution in [0, 0.1) is 5.92 Å². The lowest BCUT2D eigenvalue weighted by atomic mass is 10.1. The van der Waals surface area contributed by atoms with E-state index in [4.69, 9.17) is 10.7 Å². The van der Waals surface area contributed by atoms with Crippen LogP contribution in [0.15, 0.2) is 35.5 Å². The highest BCUT2D eigenvalue weighted by Gasteiger charge is 2.19. The molecule has 0 saturated heterocycles. The molecule has 0 atom stereocenters. The Morgan fingerprint density at radius 1 is 1.27 bits per heavy atom. The number of nitrogens with two attached hydrogens (primary N) is 1. The Bertz CT molecular complexity index is 980. The third kappa shape index (κ3) is 6.04. The molecule has 0 aliphatic heterocycles. The number of thiazole rings is 1. The number of primary amides is 1. The van der Waals surface area contributed by atoms with E-state index < -0.39 is 5.91 Å². The van der Waals surface area contributed by atoms with Crippen molar-refractivity contribution in [1.82, 2.24) is 15.0 Å². The van der Waals surface area contributed by atoms with Gasteiger partial charge in [0, 0.05) is 12.3 Å². The molecule has 4 N–H and O–H groups in total. The zero-order valence-electron chi connectivity index (χ0n) is 17.0. The number of nitrogens with zero attached hydrogens (tertiary/aromatic N) is 4. The van der Waals surface area contributed by atoms with Gasteiger partial charge in [-0.05, 0) is 17.9 Å². The summed E-state index contributed by atoms with van der Waals surface area (Å²) in [6, 6.07) is 10.1. The third-order valence-electron chi connectivity index (χ3n) is 4.29. The van der Waals surface area contributed by atoms with E-state index in [2.05, 4.69) is 41.3 Å². The van der Waals surface area contributed by atoms with Crippen molar-refractivity contribution < 1.29 is 9.90 Å². The molecule has 0 aliphatic rings. The van der Waals surface area contributed by atoms with Crippen LogP contribution in [0.1, 0.15) is 25.8 Å². The average Bonchev–Trinajstić information content (AvgIpc) is 3.14. The van der Waals surface area contributed by atoms with Crippen LogP contribution in [-0.4, -0.2) is 45.8 Å². The van der Waals surface area contributed by atoms with E-state index in [1.807, 2.05) is 23.1 Å². The Balaban J connectivity index is 1.92. The summed E-state index contributed by atoms with van der Waals surface area (Å²) in [5.74, 6) is 1.42. The van der Waals surface area contributed by atoms with Gasteiger partial charge in [0.05, 0.1) is 6.54 Å². The summed E-state index contributed by atoms with van der Waals surface area (Å²) in [4.78, 5) is 26.8. The predicted octanol–water partition coefficient (Wildman–Crippen LogP) is 3.08. The van der Waals surface area contributed by atoms with Gasteiger partial charge in [-0.3, -0.25) is 4.79 Å². The lowest BCUT2D eigenvalue weighted by Gasteiger charge is -2.22. The van der Waals surface area contributed by atoms with Crippen molar-refractivity contribution in [2.75, 3.05) is 30.0 Å². The fourth-order valence-corrected chi connectivity index (χ4v) is 4.40. The van der Waals surface area contributed by atoms with Gasteiger partial charge in [0.1, 0.15) is 11.4 Å². The van der Waals surface area contributed by atoms with Crippen molar-refractivity contribution in [3.63, 3.8) is 0 Å². The summed E-state index contributed by atoms with van der Waals surface area (Å²) in [5.41, 5.74) is 6.94. The summed E-state index contributed by atoms with van der Waals surface area (Å²) < 4.78 is 0.767. The van der Waals surface area contributed by atoms with E-state index in [-0.39, 0.29) is 13.3 Å². The predicted molar refractivity (Wildman–Crippen MR) is 123 cm³/mol. The number of nitrogens with one attached hydrogen (secondary N) is 1. The first-order chi connectivity index (χ1) is 14.5. The molecule has 0 saturated carbocycles. The molecule has 1 amide bonds. The number of hydrogen-bond donors (Lipinski definition) is 3. The fourth-order valence-electron chi connectivity index (χ4n) is 2.69. The van der Waals surface area contributed by atoms with Crippen molar-refractivity contribution in [3.05, 3.63) is 35.9 Å². The van der Waals surface area contributed by atoms with Gasteiger partial charge in [-0.25, -0.2) is 9.97 Å². The van der Waals surface area contributed by atoms with E-state index in [9.17, 15) is 9.90 Å². The molecule has 0 bridgehead atoms. The molecule has 0 unspecified atom stereocenters. The van der Waals surface area contributed by atoms with E-state index in [1.54, 1.807) is 0 Å². The zero-order valence-corrected chi connectivity index (χ0v) is 18.7. The van der Waals surface area contributed by atoms with E-state index in [0.717, 1.165) is 16.9 Å². The first-order valence-corrected chi connectivity index (χ1v) is 11.5. The lowest BCUT2D eigenvalue weighted by molar-refractivity contribution is -0.116. The largest absolute Gasteiger partial charge is 0.376 e. The van der Waals surface area contributed by atoms with Crippen LogP contribution >= 0.6 is 23.1 Å². The topological polar surface area (TPSA) is 117 Å². The van der Waals surface area contributed by atoms with Crippen LogP contribution < -0.4 is 16.0 Å². The Kier molecular flexibility index (Phi) is 7.83. The van der Waals surface area contributed by atoms with Crippen LogP contribution in [-0.2, 0) is 10.5 Å².